The Balaban J connectivity index is 2.93. The number of aromatic nitrogens is 1. The lowest BCUT2D eigenvalue weighted by molar-refractivity contribution is 1.06. The van der Waals surface area contributed by atoms with Gasteiger partial charge in [-0.05, 0) is 31.0 Å². The minimum atomic E-state index is 0.622. The molecule has 2 aromatic rings. The monoisotopic (exact) mass is 313 g/mol. The maximum absolute atomic E-state index is 6.20. The van der Waals surface area contributed by atoms with Crippen LogP contribution in [0.1, 0.15) is 18.2 Å². The molecule has 90 valence electrons. The van der Waals surface area contributed by atoms with Crippen LogP contribution in [0, 0.1) is 6.92 Å². The Kier molecular flexibility index (Phi) is 3.56. The molecule has 2 rings (SSSR count). The van der Waals surface area contributed by atoms with E-state index >= 15 is 0 Å². The molecule has 0 amide bonds. The van der Waals surface area contributed by atoms with Gasteiger partial charge in [-0.2, -0.15) is 0 Å². The first kappa shape index (κ1) is 12.6. The van der Waals surface area contributed by atoms with E-state index in [9.17, 15) is 0 Å². The zero-order valence-corrected chi connectivity index (χ0v) is 12.0. The van der Waals surface area contributed by atoms with Crippen molar-refractivity contribution >= 4 is 44.1 Å². The summed E-state index contributed by atoms with van der Waals surface area (Å²) in [6.07, 6.45) is 0.873. The fourth-order valence-electron chi connectivity index (χ4n) is 2.05. The Morgan fingerprint density at radius 3 is 2.76 bits per heavy atom. The number of nitrogen functional groups attached to an aromatic ring is 1. The predicted molar refractivity (Wildman–Crippen MR) is 76.4 cm³/mol. The van der Waals surface area contributed by atoms with Crippen molar-refractivity contribution in [1.82, 2.24) is 4.98 Å². The number of nitrogens with zero attached hydrogens (tertiary/aromatic N) is 1. The third kappa shape index (κ3) is 2.12. The van der Waals surface area contributed by atoms with Crippen molar-refractivity contribution < 1.29 is 0 Å². The molecule has 0 aliphatic carbocycles. The third-order valence-electron chi connectivity index (χ3n) is 2.81. The largest absolute Gasteiger partial charge is 0.323 e. The zero-order chi connectivity index (χ0) is 12.6. The molecule has 17 heavy (non-hydrogen) atoms. The summed E-state index contributed by atoms with van der Waals surface area (Å²) < 4.78 is 0.916. The minimum absolute atomic E-state index is 0.622. The van der Waals surface area contributed by atoms with Crippen LogP contribution in [0.3, 0.4) is 0 Å². The van der Waals surface area contributed by atoms with E-state index in [4.69, 9.17) is 17.4 Å². The van der Waals surface area contributed by atoms with Gasteiger partial charge in [-0.25, -0.2) is 0 Å². The molecule has 1 aromatic carbocycles. The quantitative estimate of drug-likeness (QED) is 0.654. The lowest BCUT2D eigenvalue weighted by Gasteiger charge is -2.14. The first-order valence-corrected chi connectivity index (χ1v) is 6.50. The lowest BCUT2D eigenvalue weighted by atomic mass is 10.0. The second-order valence-corrected chi connectivity index (χ2v) is 5.16. The summed E-state index contributed by atoms with van der Waals surface area (Å²) in [6.45, 7) is 4.05. The van der Waals surface area contributed by atoms with E-state index < -0.39 is 0 Å². The number of nitrogens with two attached hydrogens (primary N) is 1. The summed E-state index contributed by atoms with van der Waals surface area (Å²) in [5, 5.41) is 1.56. The fraction of sp³-hybridized carbons (Fsp3) is 0.250. The summed E-state index contributed by atoms with van der Waals surface area (Å²) in [7, 11) is 0. The summed E-state index contributed by atoms with van der Waals surface area (Å²) >= 11 is 9.63. The summed E-state index contributed by atoms with van der Waals surface area (Å²) in [6, 6.07) is 3.81. The van der Waals surface area contributed by atoms with Gasteiger partial charge in [0.1, 0.15) is 0 Å². The molecular weight excluding hydrogens is 302 g/mol. The number of aryl methyl sites for hydroxylation is 1. The van der Waals surface area contributed by atoms with Crippen molar-refractivity contribution in [3.05, 3.63) is 32.9 Å². The van der Waals surface area contributed by atoms with Crippen LogP contribution < -0.4 is 11.3 Å². The number of rotatable bonds is 2. The van der Waals surface area contributed by atoms with E-state index in [2.05, 4.69) is 33.3 Å². The molecule has 0 radical (unpaired) electrons. The Hall–Kier alpha value is -0.840. The maximum atomic E-state index is 6.20. The van der Waals surface area contributed by atoms with Gasteiger partial charge in [0, 0.05) is 15.6 Å². The van der Waals surface area contributed by atoms with Gasteiger partial charge in [0.2, 0.25) is 0 Å². The van der Waals surface area contributed by atoms with Gasteiger partial charge in [-0.3, -0.25) is 10.8 Å². The molecule has 5 heteroatoms. The van der Waals surface area contributed by atoms with Crippen LogP contribution in [-0.4, -0.2) is 4.98 Å². The van der Waals surface area contributed by atoms with Gasteiger partial charge >= 0.3 is 0 Å². The molecule has 0 fully saturated rings. The van der Waals surface area contributed by atoms with Gasteiger partial charge in [0.25, 0.3) is 0 Å². The number of anilines is 1. The molecule has 3 nitrogen and oxygen atoms in total. The molecule has 0 unspecified atom stereocenters. The molecule has 0 saturated carbocycles. The molecule has 1 aromatic heterocycles. The summed E-state index contributed by atoms with van der Waals surface area (Å²) in [4.78, 5) is 4.55. The molecule has 1 heterocycles. The van der Waals surface area contributed by atoms with E-state index in [1.165, 1.54) is 0 Å². The molecule has 0 saturated heterocycles. The molecule has 0 aliphatic rings. The van der Waals surface area contributed by atoms with Crippen LogP contribution in [-0.2, 0) is 6.42 Å². The van der Waals surface area contributed by atoms with Gasteiger partial charge in [0.05, 0.1) is 16.2 Å². The van der Waals surface area contributed by atoms with E-state index in [0.29, 0.717) is 5.02 Å². The summed E-state index contributed by atoms with van der Waals surface area (Å²) in [5.41, 5.74) is 6.52. The van der Waals surface area contributed by atoms with Crippen LogP contribution in [0.25, 0.3) is 10.9 Å². The Morgan fingerprint density at radius 1 is 1.47 bits per heavy atom. The van der Waals surface area contributed by atoms with Crippen LogP contribution >= 0.6 is 27.5 Å². The minimum Gasteiger partial charge on any atom is -0.323 e. The molecule has 3 N–H and O–H groups in total. The highest BCUT2D eigenvalue weighted by atomic mass is 79.9. The van der Waals surface area contributed by atoms with Crippen molar-refractivity contribution in [2.24, 2.45) is 5.84 Å². The molecule has 0 atom stereocenters. The Labute approximate surface area is 113 Å². The average molecular weight is 315 g/mol. The second kappa shape index (κ2) is 4.80. The number of hydrazine groups is 1. The van der Waals surface area contributed by atoms with Gasteiger partial charge < -0.3 is 5.43 Å². The fourth-order valence-corrected chi connectivity index (χ4v) is 2.90. The maximum Gasteiger partial charge on any atom is 0.0913 e. The molecule has 0 spiro atoms. The van der Waals surface area contributed by atoms with E-state index in [0.717, 1.165) is 38.7 Å². The highest BCUT2D eigenvalue weighted by Crippen LogP contribution is 2.34. The van der Waals surface area contributed by atoms with Crippen molar-refractivity contribution in [2.45, 2.75) is 20.3 Å². The first-order valence-electron chi connectivity index (χ1n) is 5.33. The highest BCUT2D eigenvalue weighted by Gasteiger charge is 2.13. The van der Waals surface area contributed by atoms with Crippen molar-refractivity contribution in [3.8, 4) is 0 Å². The molecule has 0 bridgehead atoms. The number of pyridine rings is 1. The predicted octanol–water partition coefficient (Wildman–Crippen LogP) is 3.81. The van der Waals surface area contributed by atoms with Crippen LogP contribution in [0.15, 0.2) is 16.6 Å². The highest BCUT2D eigenvalue weighted by molar-refractivity contribution is 9.10. The number of nitrogens with one attached hydrogen (secondary N) is 1. The molecule has 0 aliphatic heterocycles. The van der Waals surface area contributed by atoms with Crippen molar-refractivity contribution in [1.29, 1.82) is 0 Å². The normalized spacial score (nSPS) is 10.9. The SMILES string of the molecule is CCc1c(C)nc2c(Cl)cc(Br)cc2c1NN. The van der Waals surface area contributed by atoms with E-state index in [-0.39, 0.29) is 0 Å². The summed E-state index contributed by atoms with van der Waals surface area (Å²) in [5.74, 6) is 5.63. The lowest BCUT2D eigenvalue weighted by Crippen LogP contribution is -2.11. The average Bonchev–Trinajstić information content (AvgIpc) is 2.28. The number of hydrogen-bond donors (Lipinski definition) is 2. The smallest absolute Gasteiger partial charge is 0.0913 e. The van der Waals surface area contributed by atoms with Gasteiger partial charge in [0.15, 0.2) is 0 Å². The standard InChI is InChI=1S/C12H13BrClN3/c1-3-8-6(2)16-12-9(11(8)17-15)4-7(13)5-10(12)14/h4-5H,3,15H2,1-2H3,(H,16,17). The topological polar surface area (TPSA) is 50.9 Å². The number of halogens is 2. The first-order chi connectivity index (χ1) is 8.08. The third-order valence-corrected chi connectivity index (χ3v) is 3.56. The van der Waals surface area contributed by atoms with Crippen LogP contribution in [0.5, 0.6) is 0 Å². The number of benzene rings is 1. The Bertz CT molecular complexity index is 584. The van der Waals surface area contributed by atoms with E-state index in [1.807, 2.05) is 19.1 Å². The zero-order valence-electron chi connectivity index (χ0n) is 9.64. The van der Waals surface area contributed by atoms with E-state index in [1.54, 1.807) is 0 Å². The number of hydrogen-bond acceptors (Lipinski definition) is 3. The van der Waals surface area contributed by atoms with Gasteiger partial charge in [-0.15, -0.1) is 0 Å². The van der Waals surface area contributed by atoms with Crippen molar-refractivity contribution in [3.63, 3.8) is 0 Å². The van der Waals surface area contributed by atoms with Crippen molar-refractivity contribution in [2.75, 3.05) is 5.43 Å². The van der Waals surface area contributed by atoms with Gasteiger partial charge in [-0.1, -0.05) is 34.5 Å². The van der Waals surface area contributed by atoms with Crippen LogP contribution in [0.4, 0.5) is 5.69 Å². The second-order valence-electron chi connectivity index (χ2n) is 3.83. The van der Waals surface area contributed by atoms with Crippen LogP contribution in [0.2, 0.25) is 5.02 Å². The Morgan fingerprint density at radius 2 is 2.18 bits per heavy atom. The molecular formula is C12H13BrClN3. The number of fused-ring (bicyclic) bond motifs is 1.